The van der Waals surface area contributed by atoms with E-state index in [2.05, 4.69) is 4.98 Å². The van der Waals surface area contributed by atoms with E-state index in [1.807, 2.05) is 17.2 Å². The molecule has 1 unspecified atom stereocenters. The van der Waals surface area contributed by atoms with Crippen molar-refractivity contribution in [2.24, 2.45) is 0 Å². The summed E-state index contributed by atoms with van der Waals surface area (Å²) in [4.78, 5) is 18.4. The number of thiazole rings is 1. The van der Waals surface area contributed by atoms with Crippen molar-refractivity contribution in [2.45, 2.75) is 38.0 Å². The number of aryl methyl sites for hydroxylation is 1. The fourth-order valence-electron chi connectivity index (χ4n) is 2.32. The Kier molecular flexibility index (Phi) is 5.66. The van der Waals surface area contributed by atoms with Gasteiger partial charge in [0.05, 0.1) is 29.1 Å². The zero-order chi connectivity index (χ0) is 13.7. The SMILES string of the molecule is Cc1nc(CSCC(=O)N2CCCCC2CO)cs1. The number of aliphatic hydroxyl groups excluding tert-OH is 1. The maximum Gasteiger partial charge on any atom is 0.232 e. The normalized spacial score (nSPS) is 19.7. The highest BCUT2D eigenvalue weighted by Gasteiger charge is 2.25. The average molecular weight is 300 g/mol. The fraction of sp³-hybridized carbons (Fsp3) is 0.692. The Bertz CT molecular complexity index is 423. The highest BCUT2D eigenvalue weighted by Crippen LogP contribution is 2.20. The summed E-state index contributed by atoms with van der Waals surface area (Å²) in [5.41, 5.74) is 1.05. The standard InChI is InChI=1S/C13H20N2O2S2/c1-10-14-11(8-19-10)7-18-9-13(17)15-5-3-2-4-12(15)6-16/h8,12,16H,2-7,9H2,1H3. The summed E-state index contributed by atoms with van der Waals surface area (Å²) < 4.78 is 0. The van der Waals surface area contributed by atoms with Crippen molar-refractivity contribution in [3.63, 3.8) is 0 Å². The number of aromatic nitrogens is 1. The predicted octanol–water partition coefficient (Wildman–Crippen LogP) is 2.06. The number of piperidine rings is 1. The Morgan fingerprint density at radius 1 is 1.63 bits per heavy atom. The molecule has 0 aliphatic carbocycles. The summed E-state index contributed by atoms with van der Waals surface area (Å²) in [7, 11) is 0. The molecule has 1 saturated heterocycles. The molecule has 1 aromatic rings. The van der Waals surface area contributed by atoms with Crippen LogP contribution >= 0.6 is 23.1 Å². The van der Waals surface area contributed by atoms with Gasteiger partial charge < -0.3 is 10.0 Å². The molecule has 6 heteroatoms. The molecule has 0 spiro atoms. The molecule has 1 aliphatic rings. The zero-order valence-corrected chi connectivity index (χ0v) is 12.8. The van der Waals surface area contributed by atoms with Gasteiger partial charge in [0.15, 0.2) is 0 Å². The number of nitrogens with zero attached hydrogens (tertiary/aromatic N) is 2. The van der Waals surface area contributed by atoms with Gasteiger partial charge in [0.2, 0.25) is 5.91 Å². The molecule has 1 aliphatic heterocycles. The second kappa shape index (κ2) is 7.26. The lowest BCUT2D eigenvalue weighted by Crippen LogP contribution is -2.46. The van der Waals surface area contributed by atoms with Crippen molar-refractivity contribution < 1.29 is 9.90 Å². The van der Waals surface area contributed by atoms with Crippen molar-refractivity contribution >= 4 is 29.0 Å². The van der Waals surface area contributed by atoms with Gasteiger partial charge in [-0.2, -0.15) is 0 Å². The minimum atomic E-state index is 0.0309. The van der Waals surface area contributed by atoms with Crippen LogP contribution in [0, 0.1) is 6.92 Å². The first kappa shape index (κ1) is 14.8. The highest BCUT2D eigenvalue weighted by atomic mass is 32.2. The minimum Gasteiger partial charge on any atom is -0.394 e. The van der Waals surface area contributed by atoms with E-state index in [1.165, 1.54) is 0 Å². The van der Waals surface area contributed by atoms with Crippen molar-refractivity contribution in [2.75, 3.05) is 18.9 Å². The lowest BCUT2D eigenvalue weighted by atomic mass is 10.0. The number of carbonyl (C=O) groups excluding carboxylic acids is 1. The maximum atomic E-state index is 12.1. The lowest BCUT2D eigenvalue weighted by Gasteiger charge is -2.34. The van der Waals surface area contributed by atoms with Gasteiger partial charge in [0.1, 0.15) is 0 Å². The van der Waals surface area contributed by atoms with Crippen molar-refractivity contribution in [3.05, 3.63) is 16.1 Å². The smallest absolute Gasteiger partial charge is 0.232 e. The van der Waals surface area contributed by atoms with Crippen molar-refractivity contribution in [3.8, 4) is 0 Å². The van der Waals surface area contributed by atoms with E-state index in [9.17, 15) is 9.90 Å². The molecule has 2 rings (SSSR count). The van der Waals surface area contributed by atoms with Gasteiger partial charge in [-0.25, -0.2) is 4.98 Å². The van der Waals surface area contributed by atoms with Crippen molar-refractivity contribution in [1.82, 2.24) is 9.88 Å². The van der Waals surface area contributed by atoms with E-state index in [-0.39, 0.29) is 18.6 Å². The molecular weight excluding hydrogens is 280 g/mol. The van der Waals surface area contributed by atoms with E-state index in [0.717, 1.165) is 42.3 Å². The van der Waals surface area contributed by atoms with Gasteiger partial charge >= 0.3 is 0 Å². The number of hydrogen-bond donors (Lipinski definition) is 1. The van der Waals surface area contributed by atoms with Crippen LogP contribution in [-0.4, -0.2) is 45.8 Å². The number of hydrogen-bond acceptors (Lipinski definition) is 5. The Hall–Kier alpha value is -0.590. The first-order valence-corrected chi connectivity index (χ1v) is 8.63. The summed E-state index contributed by atoms with van der Waals surface area (Å²) in [6.07, 6.45) is 3.09. The number of carbonyl (C=O) groups is 1. The van der Waals surface area contributed by atoms with Gasteiger partial charge in [0, 0.05) is 17.7 Å². The van der Waals surface area contributed by atoms with Crippen LogP contribution in [0.3, 0.4) is 0 Å². The van der Waals surface area contributed by atoms with E-state index in [4.69, 9.17) is 0 Å². The van der Waals surface area contributed by atoms with Gasteiger partial charge in [-0.15, -0.1) is 23.1 Å². The largest absolute Gasteiger partial charge is 0.394 e. The van der Waals surface area contributed by atoms with Gasteiger partial charge in [-0.05, 0) is 26.2 Å². The Balaban J connectivity index is 1.77. The van der Waals surface area contributed by atoms with E-state index in [1.54, 1.807) is 23.1 Å². The Labute approximate surface area is 122 Å². The number of aliphatic hydroxyl groups is 1. The second-order valence-corrected chi connectivity index (χ2v) is 6.82. The lowest BCUT2D eigenvalue weighted by molar-refractivity contribution is -0.132. The second-order valence-electron chi connectivity index (χ2n) is 4.77. The molecule has 2 heterocycles. The third-order valence-corrected chi connectivity index (χ3v) is 5.07. The number of likely N-dealkylation sites (tertiary alicyclic amines) is 1. The van der Waals surface area contributed by atoms with Crippen LogP contribution in [0.2, 0.25) is 0 Å². The molecule has 1 atom stereocenters. The molecule has 1 aromatic heterocycles. The molecule has 1 amide bonds. The number of amides is 1. The molecule has 0 aromatic carbocycles. The first-order chi connectivity index (χ1) is 9.20. The highest BCUT2D eigenvalue weighted by molar-refractivity contribution is 7.99. The fourth-order valence-corrected chi connectivity index (χ4v) is 3.84. The van der Waals surface area contributed by atoms with Crippen LogP contribution in [0.1, 0.15) is 30.0 Å². The van der Waals surface area contributed by atoms with Gasteiger partial charge in [-0.1, -0.05) is 0 Å². The Morgan fingerprint density at radius 2 is 2.47 bits per heavy atom. The summed E-state index contributed by atoms with van der Waals surface area (Å²) in [5.74, 6) is 1.41. The van der Waals surface area contributed by atoms with E-state index >= 15 is 0 Å². The summed E-state index contributed by atoms with van der Waals surface area (Å²) in [6, 6.07) is 0.0309. The maximum absolute atomic E-state index is 12.1. The third-order valence-electron chi connectivity index (χ3n) is 3.30. The number of rotatable bonds is 5. The van der Waals surface area contributed by atoms with Gasteiger partial charge in [0.25, 0.3) is 0 Å². The Morgan fingerprint density at radius 3 is 3.16 bits per heavy atom. The minimum absolute atomic E-state index is 0.0309. The van der Waals surface area contributed by atoms with Crippen LogP contribution < -0.4 is 0 Å². The molecule has 4 nitrogen and oxygen atoms in total. The van der Waals surface area contributed by atoms with Crippen molar-refractivity contribution in [1.29, 1.82) is 0 Å². The third kappa shape index (κ3) is 4.19. The molecule has 1 fully saturated rings. The summed E-state index contributed by atoms with van der Waals surface area (Å²) in [6.45, 7) is 2.87. The van der Waals surface area contributed by atoms with Crippen LogP contribution in [0.15, 0.2) is 5.38 Å². The van der Waals surface area contributed by atoms with Gasteiger partial charge in [-0.3, -0.25) is 4.79 Å². The monoisotopic (exact) mass is 300 g/mol. The van der Waals surface area contributed by atoms with Crippen LogP contribution in [-0.2, 0) is 10.5 Å². The molecule has 19 heavy (non-hydrogen) atoms. The van der Waals surface area contributed by atoms with E-state index in [0.29, 0.717) is 5.75 Å². The zero-order valence-electron chi connectivity index (χ0n) is 11.2. The topological polar surface area (TPSA) is 53.4 Å². The van der Waals surface area contributed by atoms with Crippen LogP contribution in [0.5, 0.6) is 0 Å². The summed E-state index contributed by atoms with van der Waals surface area (Å²) in [5, 5.41) is 12.4. The van der Waals surface area contributed by atoms with Crippen LogP contribution in [0.25, 0.3) is 0 Å². The summed E-state index contributed by atoms with van der Waals surface area (Å²) >= 11 is 3.25. The van der Waals surface area contributed by atoms with Crippen LogP contribution in [0.4, 0.5) is 0 Å². The average Bonchev–Trinajstić information content (AvgIpc) is 2.84. The predicted molar refractivity (Wildman–Crippen MR) is 79.5 cm³/mol. The van der Waals surface area contributed by atoms with E-state index < -0.39 is 0 Å². The molecule has 1 N–H and O–H groups in total. The molecule has 106 valence electrons. The molecule has 0 saturated carbocycles. The molecule has 0 bridgehead atoms. The number of thioether (sulfide) groups is 1. The molecular formula is C13H20N2O2S2. The quantitative estimate of drug-likeness (QED) is 0.904. The first-order valence-electron chi connectivity index (χ1n) is 6.60. The molecule has 0 radical (unpaired) electrons.